The SMILES string of the molecule is CC[C@@H](Sc1nc(-c2ccccc2C)nc2c1c(=O)n(C)c(=O)n2C)C(=O)O. The topological polar surface area (TPSA) is 107 Å². The van der Waals surface area contributed by atoms with Crippen molar-refractivity contribution in [2.24, 2.45) is 14.1 Å². The zero-order chi connectivity index (χ0) is 20.6. The molecule has 0 unspecified atom stereocenters. The summed E-state index contributed by atoms with van der Waals surface area (Å²) < 4.78 is 2.26. The number of aromatic nitrogens is 4. The molecular weight excluding hydrogens is 380 g/mol. The molecule has 3 rings (SSSR count). The highest BCUT2D eigenvalue weighted by Crippen LogP contribution is 2.31. The molecule has 0 radical (unpaired) electrons. The van der Waals surface area contributed by atoms with Gasteiger partial charge in [0.15, 0.2) is 11.5 Å². The minimum Gasteiger partial charge on any atom is -0.480 e. The molecule has 8 nitrogen and oxygen atoms in total. The van der Waals surface area contributed by atoms with E-state index in [9.17, 15) is 19.5 Å². The zero-order valence-electron chi connectivity index (χ0n) is 16.0. The molecule has 2 heterocycles. The van der Waals surface area contributed by atoms with Crippen molar-refractivity contribution < 1.29 is 9.90 Å². The van der Waals surface area contributed by atoms with Gasteiger partial charge in [0.25, 0.3) is 5.56 Å². The summed E-state index contributed by atoms with van der Waals surface area (Å²) in [5, 5.41) is 9.09. The Kier molecular flexibility index (Phi) is 5.37. The van der Waals surface area contributed by atoms with Crippen molar-refractivity contribution in [3.63, 3.8) is 0 Å². The molecule has 0 aliphatic rings. The van der Waals surface area contributed by atoms with Gasteiger partial charge in [-0.15, -0.1) is 0 Å². The normalized spacial score (nSPS) is 12.3. The number of hydrogen-bond donors (Lipinski definition) is 1. The third-order valence-electron chi connectivity index (χ3n) is 4.55. The monoisotopic (exact) mass is 400 g/mol. The number of aliphatic carboxylic acids is 1. The van der Waals surface area contributed by atoms with Crippen molar-refractivity contribution in [2.45, 2.75) is 30.5 Å². The van der Waals surface area contributed by atoms with Gasteiger partial charge in [-0.1, -0.05) is 43.0 Å². The quantitative estimate of drug-likeness (QED) is 0.515. The van der Waals surface area contributed by atoms with Crippen LogP contribution in [0.5, 0.6) is 0 Å². The molecule has 3 aromatic rings. The molecule has 0 fully saturated rings. The fourth-order valence-corrected chi connectivity index (χ4v) is 3.87. The van der Waals surface area contributed by atoms with E-state index in [1.807, 2.05) is 31.2 Å². The Morgan fingerprint density at radius 3 is 2.46 bits per heavy atom. The van der Waals surface area contributed by atoms with Gasteiger partial charge in [-0.2, -0.15) is 0 Å². The van der Waals surface area contributed by atoms with Crippen LogP contribution in [0.25, 0.3) is 22.4 Å². The lowest BCUT2D eigenvalue weighted by molar-refractivity contribution is -0.136. The second kappa shape index (κ2) is 7.59. The van der Waals surface area contributed by atoms with Crippen LogP contribution in [-0.2, 0) is 18.9 Å². The average molecular weight is 400 g/mol. The first-order chi connectivity index (χ1) is 13.3. The summed E-state index contributed by atoms with van der Waals surface area (Å²) in [7, 11) is 2.91. The first-order valence-electron chi connectivity index (χ1n) is 8.69. The second-order valence-electron chi connectivity index (χ2n) is 6.42. The van der Waals surface area contributed by atoms with Crippen LogP contribution in [0.2, 0.25) is 0 Å². The van der Waals surface area contributed by atoms with Crippen LogP contribution in [0.4, 0.5) is 0 Å². The van der Waals surface area contributed by atoms with Crippen molar-refractivity contribution in [1.29, 1.82) is 0 Å². The lowest BCUT2D eigenvalue weighted by atomic mass is 10.1. The van der Waals surface area contributed by atoms with Gasteiger partial charge in [-0.25, -0.2) is 14.8 Å². The van der Waals surface area contributed by atoms with Crippen LogP contribution in [0.3, 0.4) is 0 Å². The van der Waals surface area contributed by atoms with E-state index in [0.717, 1.165) is 27.5 Å². The number of carbonyl (C=O) groups is 1. The van der Waals surface area contributed by atoms with Gasteiger partial charge >= 0.3 is 11.7 Å². The molecule has 0 saturated heterocycles. The number of aryl methyl sites for hydroxylation is 2. The number of hydrogen-bond acceptors (Lipinski definition) is 6. The second-order valence-corrected chi connectivity index (χ2v) is 7.62. The zero-order valence-corrected chi connectivity index (χ0v) is 16.8. The lowest BCUT2D eigenvalue weighted by Gasteiger charge is -2.15. The number of nitrogens with zero attached hydrogens (tertiary/aromatic N) is 4. The Morgan fingerprint density at radius 2 is 1.86 bits per heavy atom. The van der Waals surface area contributed by atoms with E-state index in [-0.39, 0.29) is 16.1 Å². The Labute approximate surface area is 164 Å². The standard InChI is InChI=1S/C19H20N4O4S/c1-5-12(18(25)26)28-16-13-15(22(3)19(27)23(4)17(13)24)20-14(21-16)11-9-7-6-8-10(11)2/h6-9,12H,5H2,1-4H3,(H,25,26)/t12-/m1/s1. The highest BCUT2D eigenvalue weighted by Gasteiger charge is 2.24. The summed E-state index contributed by atoms with van der Waals surface area (Å²) in [6.07, 6.45) is 0.358. The van der Waals surface area contributed by atoms with E-state index >= 15 is 0 Å². The molecule has 0 bridgehead atoms. The molecule has 0 spiro atoms. The number of thioether (sulfide) groups is 1. The molecule has 28 heavy (non-hydrogen) atoms. The summed E-state index contributed by atoms with van der Waals surface area (Å²) in [5.74, 6) is -0.644. The lowest BCUT2D eigenvalue weighted by Crippen LogP contribution is -2.37. The van der Waals surface area contributed by atoms with Crippen LogP contribution in [0.1, 0.15) is 18.9 Å². The summed E-state index contributed by atoms with van der Waals surface area (Å²) in [6, 6.07) is 7.49. The van der Waals surface area contributed by atoms with Gasteiger partial charge in [-0.3, -0.25) is 18.7 Å². The minimum absolute atomic E-state index is 0.145. The molecular formula is C19H20N4O4S. The Bertz CT molecular complexity index is 1200. The number of rotatable bonds is 5. The fourth-order valence-electron chi connectivity index (χ4n) is 2.90. The van der Waals surface area contributed by atoms with Gasteiger partial charge < -0.3 is 5.11 Å². The molecule has 0 amide bonds. The van der Waals surface area contributed by atoms with Gasteiger partial charge in [-0.05, 0) is 18.9 Å². The molecule has 9 heteroatoms. The van der Waals surface area contributed by atoms with Crippen molar-refractivity contribution in [2.75, 3.05) is 0 Å². The maximum atomic E-state index is 12.8. The number of carboxylic acid groups (broad SMARTS) is 1. The van der Waals surface area contributed by atoms with Crippen LogP contribution >= 0.6 is 11.8 Å². The number of benzene rings is 1. The molecule has 1 N–H and O–H groups in total. The maximum absolute atomic E-state index is 12.8. The molecule has 146 valence electrons. The van der Waals surface area contributed by atoms with E-state index in [1.165, 1.54) is 18.7 Å². The van der Waals surface area contributed by atoms with Gasteiger partial charge in [0.05, 0.1) is 0 Å². The third-order valence-corrected chi connectivity index (χ3v) is 5.89. The van der Waals surface area contributed by atoms with Gasteiger partial charge in [0.1, 0.15) is 15.7 Å². The van der Waals surface area contributed by atoms with Crippen molar-refractivity contribution in [3.8, 4) is 11.4 Å². The average Bonchev–Trinajstić information content (AvgIpc) is 2.68. The molecule has 1 atom stereocenters. The summed E-state index contributed by atoms with van der Waals surface area (Å²) in [4.78, 5) is 45.7. The van der Waals surface area contributed by atoms with E-state index in [0.29, 0.717) is 12.2 Å². The molecule has 2 aromatic heterocycles. The van der Waals surface area contributed by atoms with Crippen molar-refractivity contribution in [1.82, 2.24) is 19.1 Å². The first kappa shape index (κ1) is 19.8. The highest BCUT2D eigenvalue weighted by molar-refractivity contribution is 8.00. The fraction of sp³-hybridized carbons (Fsp3) is 0.316. The molecule has 1 aromatic carbocycles. The van der Waals surface area contributed by atoms with E-state index < -0.39 is 22.5 Å². The van der Waals surface area contributed by atoms with Crippen molar-refractivity contribution >= 4 is 28.8 Å². The third kappa shape index (κ3) is 3.33. The van der Waals surface area contributed by atoms with Gasteiger partial charge in [0.2, 0.25) is 0 Å². The van der Waals surface area contributed by atoms with E-state index in [1.54, 1.807) is 6.92 Å². The van der Waals surface area contributed by atoms with Gasteiger partial charge in [0, 0.05) is 19.7 Å². The predicted molar refractivity (Wildman–Crippen MR) is 108 cm³/mol. The van der Waals surface area contributed by atoms with Crippen LogP contribution in [0, 0.1) is 6.92 Å². The molecule has 0 aliphatic heterocycles. The number of carboxylic acids is 1. The van der Waals surface area contributed by atoms with Crippen LogP contribution in [-0.4, -0.2) is 35.4 Å². The molecule has 0 saturated carbocycles. The maximum Gasteiger partial charge on any atom is 0.332 e. The summed E-state index contributed by atoms with van der Waals surface area (Å²) >= 11 is 0.999. The Hall–Kier alpha value is -2.94. The van der Waals surface area contributed by atoms with Crippen molar-refractivity contribution in [3.05, 3.63) is 50.7 Å². The summed E-state index contributed by atoms with van der Waals surface area (Å²) in [5.41, 5.74) is 0.814. The summed E-state index contributed by atoms with van der Waals surface area (Å²) in [6.45, 7) is 3.66. The van der Waals surface area contributed by atoms with E-state index in [4.69, 9.17) is 0 Å². The Balaban J connectivity index is 2.41. The minimum atomic E-state index is -0.988. The smallest absolute Gasteiger partial charge is 0.332 e. The Morgan fingerprint density at radius 1 is 1.18 bits per heavy atom. The first-order valence-corrected chi connectivity index (χ1v) is 9.57. The highest BCUT2D eigenvalue weighted by atomic mass is 32.2. The van der Waals surface area contributed by atoms with Crippen LogP contribution in [0.15, 0.2) is 38.9 Å². The predicted octanol–water partition coefficient (Wildman–Crippen LogP) is 1.96. The number of fused-ring (bicyclic) bond motifs is 1. The van der Waals surface area contributed by atoms with E-state index in [2.05, 4.69) is 9.97 Å². The largest absolute Gasteiger partial charge is 0.480 e. The van der Waals surface area contributed by atoms with Crippen LogP contribution < -0.4 is 11.2 Å². The molecule has 0 aliphatic carbocycles.